The Balaban J connectivity index is 1.67. The SMILES string of the molecule is CN(CCCO)C1CCN(CCC(=O)Nc2ccccc2F)CC1. The van der Waals surface area contributed by atoms with Crippen molar-refractivity contribution in [2.45, 2.75) is 31.7 Å². The van der Waals surface area contributed by atoms with Gasteiger partial charge in [-0.1, -0.05) is 12.1 Å². The van der Waals surface area contributed by atoms with Gasteiger partial charge >= 0.3 is 0 Å². The number of carbonyl (C=O) groups excluding carboxylic acids is 1. The summed E-state index contributed by atoms with van der Waals surface area (Å²) >= 11 is 0. The Morgan fingerprint density at radius 1 is 1.38 bits per heavy atom. The number of likely N-dealkylation sites (tertiary alicyclic amines) is 1. The fraction of sp³-hybridized carbons (Fsp3) is 0.611. The molecule has 24 heavy (non-hydrogen) atoms. The summed E-state index contributed by atoms with van der Waals surface area (Å²) in [5, 5.41) is 11.5. The van der Waals surface area contributed by atoms with E-state index < -0.39 is 5.82 Å². The number of hydrogen-bond acceptors (Lipinski definition) is 4. The van der Waals surface area contributed by atoms with Crippen molar-refractivity contribution in [2.24, 2.45) is 0 Å². The number of carbonyl (C=O) groups is 1. The Hall–Kier alpha value is -1.50. The van der Waals surface area contributed by atoms with Crippen LogP contribution in [0.5, 0.6) is 0 Å². The molecule has 5 nitrogen and oxygen atoms in total. The number of amides is 1. The molecule has 1 saturated heterocycles. The number of rotatable bonds is 8. The molecule has 1 amide bonds. The van der Waals surface area contributed by atoms with E-state index in [1.165, 1.54) is 6.07 Å². The molecule has 0 radical (unpaired) electrons. The van der Waals surface area contributed by atoms with Gasteiger partial charge in [-0.2, -0.15) is 0 Å². The smallest absolute Gasteiger partial charge is 0.225 e. The Labute approximate surface area is 143 Å². The topological polar surface area (TPSA) is 55.8 Å². The number of aliphatic hydroxyl groups excluding tert-OH is 1. The van der Waals surface area contributed by atoms with E-state index in [4.69, 9.17) is 5.11 Å². The minimum atomic E-state index is -0.405. The molecule has 0 aliphatic carbocycles. The van der Waals surface area contributed by atoms with Crippen LogP contribution in [0.1, 0.15) is 25.7 Å². The number of aliphatic hydroxyl groups is 1. The largest absolute Gasteiger partial charge is 0.396 e. The molecule has 6 heteroatoms. The van der Waals surface area contributed by atoms with Gasteiger partial charge in [0.25, 0.3) is 0 Å². The molecule has 0 spiro atoms. The van der Waals surface area contributed by atoms with Gasteiger partial charge in [0.05, 0.1) is 5.69 Å². The molecule has 0 bridgehead atoms. The van der Waals surface area contributed by atoms with E-state index in [1.54, 1.807) is 18.2 Å². The summed E-state index contributed by atoms with van der Waals surface area (Å²) in [6.07, 6.45) is 3.35. The third-order valence-electron chi connectivity index (χ3n) is 4.65. The molecule has 0 aromatic heterocycles. The van der Waals surface area contributed by atoms with Crippen LogP contribution in [-0.2, 0) is 4.79 Å². The number of nitrogens with one attached hydrogen (secondary N) is 1. The maximum absolute atomic E-state index is 13.5. The van der Waals surface area contributed by atoms with Crippen LogP contribution < -0.4 is 5.32 Å². The normalized spacial score (nSPS) is 16.5. The van der Waals surface area contributed by atoms with E-state index in [1.807, 2.05) is 0 Å². The second-order valence-corrected chi connectivity index (χ2v) is 6.41. The van der Waals surface area contributed by atoms with Crippen LogP contribution in [0.2, 0.25) is 0 Å². The van der Waals surface area contributed by atoms with Gasteiger partial charge in [-0.15, -0.1) is 0 Å². The van der Waals surface area contributed by atoms with E-state index in [2.05, 4.69) is 22.2 Å². The van der Waals surface area contributed by atoms with Gasteiger partial charge in [-0.3, -0.25) is 4.79 Å². The molecule has 2 rings (SSSR count). The first-order valence-electron chi connectivity index (χ1n) is 8.68. The molecule has 1 fully saturated rings. The Morgan fingerprint density at radius 2 is 2.08 bits per heavy atom. The predicted octanol–water partition coefficient (Wildman–Crippen LogP) is 1.93. The summed E-state index contributed by atoms with van der Waals surface area (Å²) in [7, 11) is 2.11. The van der Waals surface area contributed by atoms with Crippen molar-refractivity contribution in [3.05, 3.63) is 30.1 Å². The average Bonchev–Trinajstić information content (AvgIpc) is 2.60. The summed E-state index contributed by atoms with van der Waals surface area (Å²) in [6, 6.07) is 6.78. The zero-order valence-corrected chi connectivity index (χ0v) is 14.4. The van der Waals surface area contributed by atoms with Gasteiger partial charge in [-0.25, -0.2) is 4.39 Å². The number of piperidine rings is 1. The highest BCUT2D eigenvalue weighted by molar-refractivity contribution is 5.90. The molecular weight excluding hydrogens is 309 g/mol. The maximum atomic E-state index is 13.5. The van der Waals surface area contributed by atoms with Crippen molar-refractivity contribution in [2.75, 3.05) is 45.2 Å². The fourth-order valence-electron chi connectivity index (χ4n) is 3.12. The quantitative estimate of drug-likeness (QED) is 0.761. The summed E-state index contributed by atoms with van der Waals surface area (Å²) in [5.41, 5.74) is 0.242. The number of para-hydroxylation sites is 1. The Bertz CT molecular complexity index is 519. The molecule has 134 valence electrons. The summed E-state index contributed by atoms with van der Waals surface area (Å²) in [6.45, 7) is 3.81. The molecular formula is C18H28FN3O2. The number of nitrogens with zero attached hydrogens (tertiary/aromatic N) is 2. The molecule has 1 aliphatic heterocycles. The zero-order valence-electron chi connectivity index (χ0n) is 14.4. The van der Waals surface area contributed by atoms with Crippen molar-refractivity contribution in [1.82, 2.24) is 9.80 Å². The van der Waals surface area contributed by atoms with Crippen molar-refractivity contribution < 1.29 is 14.3 Å². The van der Waals surface area contributed by atoms with Gasteiger partial charge < -0.3 is 20.2 Å². The second kappa shape index (κ2) is 9.71. The van der Waals surface area contributed by atoms with Crippen molar-refractivity contribution >= 4 is 11.6 Å². The lowest BCUT2D eigenvalue weighted by Crippen LogP contribution is -2.44. The summed E-state index contributed by atoms with van der Waals surface area (Å²) in [4.78, 5) is 16.6. The third-order valence-corrected chi connectivity index (χ3v) is 4.65. The molecule has 1 aromatic rings. The highest BCUT2D eigenvalue weighted by Gasteiger charge is 2.22. The molecule has 1 heterocycles. The summed E-state index contributed by atoms with van der Waals surface area (Å²) in [5.74, 6) is -0.556. The minimum Gasteiger partial charge on any atom is -0.396 e. The molecule has 2 N–H and O–H groups in total. The Kier molecular flexibility index (Phi) is 7.62. The van der Waals surface area contributed by atoms with E-state index >= 15 is 0 Å². The van der Waals surface area contributed by atoms with E-state index in [-0.39, 0.29) is 18.2 Å². The Morgan fingerprint density at radius 3 is 2.75 bits per heavy atom. The minimum absolute atomic E-state index is 0.151. The van der Waals surface area contributed by atoms with Crippen LogP contribution >= 0.6 is 0 Å². The van der Waals surface area contributed by atoms with Gasteiger partial charge in [0.15, 0.2) is 0 Å². The lowest BCUT2D eigenvalue weighted by atomic mass is 10.0. The van der Waals surface area contributed by atoms with Gasteiger partial charge in [0.1, 0.15) is 5.82 Å². The zero-order chi connectivity index (χ0) is 17.4. The molecule has 0 unspecified atom stereocenters. The van der Waals surface area contributed by atoms with Crippen LogP contribution in [0.15, 0.2) is 24.3 Å². The van der Waals surface area contributed by atoms with Gasteiger partial charge in [0, 0.05) is 32.2 Å². The van der Waals surface area contributed by atoms with E-state index in [0.29, 0.717) is 19.0 Å². The molecule has 0 saturated carbocycles. The number of hydrogen-bond donors (Lipinski definition) is 2. The number of anilines is 1. The van der Waals surface area contributed by atoms with Crippen molar-refractivity contribution in [3.63, 3.8) is 0 Å². The first-order valence-corrected chi connectivity index (χ1v) is 8.68. The second-order valence-electron chi connectivity index (χ2n) is 6.41. The van der Waals surface area contributed by atoms with Crippen molar-refractivity contribution in [3.8, 4) is 0 Å². The monoisotopic (exact) mass is 337 g/mol. The first-order chi connectivity index (χ1) is 11.6. The molecule has 0 atom stereocenters. The first kappa shape index (κ1) is 18.8. The fourth-order valence-corrected chi connectivity index (χ4v) is 3.12. The number of benzene rings is 1. The van der Waals surface area contributed by atoms with Gasteiger partial charge in [-0.05, 0) is 51.5 Å². The summed E-state index contributed by atoms with van der Waals surface area (Å²) < 4.78 is 13.5. The van der Waals surface area contributed by atoms with Gasteiger partial charge in [0.2, 0.25) is 5.91 Å². The van der Waals surface area contributed by atoms with Crippen LogP contribution in [0.25, 0.3) is 0 Å². The van der Waals surface area contributed by atoms with Crippen LogP contribution in [-0.4, -0.2) is 66.7 Å². The highest BCUT2D eigenvalue weighted by atomic mass is 19.1. The molecule has 1 aromatic carbocycles. The predicted molar refractivity (Wildman–Crippen MR) is 93.4 cm³/mol. The van der Waals surface area contributed by atoms with Crippen LogP contribution in [0, 0.1) is 5.82 Å². The van der Waals surface area contributed by atoms with Crippen LogP contribution in [0.4, 0.5) is 10.1 Å². The van der Waals surface area contributed by atoms with Crippen molar-refractivity contribution in [1.29, 1.82) is 0 Å². The van der Waals surface area contributed by atoms with Crippen LogP contribution in [0.3, 0.4) is 0 Å². The third kappa shape index (κ3) is 5.85. The van der Waals surface area contributed by atoms with E-state index in [0.717, 1.165) is 38.9 Å². The maximum Gasteiger partial charge on any atom is 0.225 e. The highest BCUT2D eigenvalue weighted by Crippen LogP contribution is 2.16. The average molecular weight is 337 g/mol. The lowest BCUT2D eigenvalue weighted by Gasteiger charge is -2.36. The van der Waals surface area contributed by atoms with E-state index in [9.17, 15) is 9.18 Å². The lowest BCUT2D eigenvalue weighted by molar-refractivity contribution is -0.116. The molecule has 1 aliphatic rings. The standard InChI is InChI=1S/C18H28FN3O2/c1-21(10-4-14-23)15-7-11-22(12-8-15)13-9-18(24)20-17-6-3-2-5-16(17)19/h2-3,5-6,15,23H,4,7-14H2,1H3,(H,20,24). The number of halogens is 1.